The van der Waals surface area contributed by atoms with Crippen LogP contribution >= 0.6 is 85.6 Å². The molecular formula is C9H18Br3PS4. The Hall–Kier alpha value is 3.14. The Morgan fingerprint density at radius 2 is 1.06 bits per heavy atom. The molecule has 8 heteroatoms. The van der Waals surface area contributed by atoms with Crippen LogP contribution in [0.15, 0.2) is 0 Å². The van der Waals surface area contributed by atoms with Gasteiger partial charge in [-0.1, -0.05) is 80.4 Å². The van der Waals surface area contributed by atoms with Crippen LogP contribution in [0.3, 0.4) is 0 Å². The highest BCUT2D eigenvalue weighted by atomic mass is 79.9. The smallest absolute Gasteiger partial charge is 0.100 e. The summed E-state index contributed by atoms with van der Waals surface area (Å²) in [5.74, 6) is 0. The molecule has 0 saturated heterocycles. The van der Waals surface area contributed by atoms with Crippen molar-refractivity contribution in [3.8, 4) is 0 Å². The van der Waals surface area contributed by atoms with E-state index in [1.54, 1.807) is 0 Å². The molecule has 0 heterocycles. The van der Waals surface area contributed by atoms with Gasteiger partial charge in [0.05, 0.1) is 0 Å². The molecule has 3 unspecified atom stereocenters. The van der Waals surface area contributed by atoms with Crippen molar-refractivity contribution >= 4 is 97.4 Å². The maximum atomic E-state index is 5.97. The van der Waals surface area contributed by atoms with Gasteiger partial charge in [-0.25, -0.2) is 0 Å². The zero-order chi connectivity index (χ0) is 13.5. The van der Waals surface area contributed by atoms with Gasteiger partial charge in [-0.3, -0.25) is 0 Å². The lowest BCUT2D eigenvalue weighted by Crippen LogP contribution is -2.01. The van der Waals surface area contributed by atoms with Gasteiger partial charge in [-0.05, 0) is 0 Å². The molecule has 0 bridgehead atoms. The molecule has 0 rings (SSSR count). The molecule has 0 aliphatic heterocycles. The van der Waals surface area contributed by atoms with E-state index >= 15 is 0 Å². The molecule has 0 fully saturated rings. The second-order valence-electron chi connectivity index (χ2n) is 3.66. The van der Waals surface area contributed by atoms with E-state index in [9.17, 15) is 0 Å². The lowest BCUT2D eigenvalue weighted by Gasteiger charge is -2.27. The van der Waals surface area contributed by atoms with Gasteiger partial charge < -0.3 is 0 Å². The Morgan fingerprint density at radius 1 is 0.824 bits per heavy atom. The molecular weight excluding hydrogens is 507 g/mol. The Morgan fingerprint density at radius 3 is 1.24 bits per heavy atom. The van der Waals surface area contributed by atoms with Crippen molar-refractivity contribution in [1.29, 1.82) is 0 Å². The van der Waals surface area contributed by atoms with Crippen molar-refractivity contribution in [2.45, 2.75) is 36.5 Å². The fourth-order valence-electron chi connectivity index (χ4n) is 0.820. The predicted octanol–water partition coefficient (Wildman–Crippen LogP) is 6.76. The van der Waals surface area contributed by atoms with Gasteiger partial charge in [0.1, 0.15) is 3.64 Å². The predicted molar refractivity (Wildman–Crippen MR) is 107 cm³/mol. The van der Waals surface area contributed by atoms with Crippen LogP contribution in [0.1, 0.15) is 20.8 Å². The van der Waals surface area contributed by atoms with E-state index in [-0.39, 0.29) is 0 Å². The van der Waals surface area contributed by atoms with Gasteiger partial charge in [0.2, 0.25) is 0 Å². The van der Waals surface area contributed by atoms with E-state index in [1.165, 1.54) is 0 Å². The van der Waals surface area contributed by atoms with Crippen LogP contribution in [0.5, 0.6) is 0 Å². The third-order valence-electron chi connectivity index (χ3n) is 1.58. The number of halogens is 3. The fourth-order valence-corrected chi connectivity index (χ4v) is 23.8. The fraction of sp³-hybridized carbons (Fsp3) is 1.00. The quantitative estimate of drug-likeness (QED) is 0.241. The molecule has 104 valence electrons. The van der Waals surface area contributed by atoms with Gasteiger partial charge in [-0.2, -0.15) is 0 Å². The average Bonchev–Trinajstić information content (AvgIpc) is 2.27. The van der Waals surface area contributed by atoms with Crippen molar-refractivity contribution in [2.24, 2.45) is 0 Å². The maximum absolute atomic E-state index is 5.97. The average molecular weight is 525 g/mol. The monoisotopic (exact) mass is 522 g/mol. The van der Waals surface area contributed by atoms with Crippen LogP contribution in [-0.2, 0) is 11.8 Å². The number of rotatable bonds is 9. The van der Waals surface area contributed by atoms with Crippen molar-refractivity contribution in [3.05, 3.63) is 0 Å². The normalized spacial score (nSPS) is 20.6. The first kappa shape index (κ1) is 20.1. The van der Waals surface area contributed by atoms with E-state index in [4.69, 9.17) is 11.8 Å². The van der Waals surface area contributed by atoms with E-state index < -0.39 is 3.64 Å². The Labute approximate surface area is 148 Å². The molecule has 0 aromatic heterocycles. The van der Waals surface area contributed by atoms with E-state index in [2.05, 4.69) is 68.6 Å². The highest BCUT2D eigenvalue weighted by Crippen LogP contribution is 2.81. The lowest BCUT2D eigenvalue weighted by molar-refractivity contribution is 1.15. The van der Waals surface area contributed by atoms with Crippen LogP contribution in [0.25, 0.3) is 0 Å². The number of hydrogen-bond donors (Lipinski definition) is 0. The second kappa shape index (κ2) is 10.8. The summed E-state index contributed by atoms with van der Waals surface area (Å²) in [4.78, 5) is 0. The van der Waals surface area contributed by atoms with Gasteiger partial charge in [0.25, 0.3) is 0 Å². The molecule has 0 aliphatic carbocycles. The summed E-state index contributed by atoms with van der Waals surface area (Å²) < 4.78 is -1.44. The van der Waals surface area contributed by atoms with Crippen LogP contribution in [0.4, 0.5) is 0 Å². The number of alkyl halides is 3. The minimum atomic E-state index is -1.44. The Balaban J connectivity index is 4.62. The SMILES string of the molecule is CC(CBr)SP(=S)(SC(C)CBr)SC(C)CBr. The summed E-state index contributed by atoms with van der Waals surface area (Å²) in [6, 6.07) is 0. The second-order valence-corrected chi connectivity index (χ2v) is 22.2. The van der Waals surface area contributed by atoms with Crippen LogP contribution in [0, 0.1) is 0 Å². The molecule has 0 aromatic carbocycles. The van der Waals surface area contributed by atoms with Gasteiger partial charge in [0.15, 0.2) is 0 Å². The maximum Gasteiger partial charge on any atom is 0.110 e. The summed E-state index contributed by atoms with van der Waals surface area (Å²) in [5, 5.41) is 4.82. The largest absolute Gasteiger partial charge is 0.110 e. The van der Waals surface area contributed by atoms with Crippen molar-refractivity contribution in [1.82, 2.24) is 0 Å². The molecule has 0 spiro atoms. The number of hydrogen-bond acceptors (Lipinski definition) is 4. The zero-order valence-electron chi connectivity index (χ0n) is 10.1. The van der Waals surface area contributed by atoms with Gasteiger partial charge in [-0.15, -0.1) is 34.1 Å². The first-order valence-electron chi connectivity index (χ1n) is 5.20. The van der Waals surface area contributed by atoms with E-state index in [0.717, 1.165) is 16.0 Å². The molecule has 0 amide bonds. The molecule has 17 heavy (non-hydrogen) atoms. The van der Waals surface area contributed by atoms with Crippen LogP contribution < -0.4 is 0 Å². The topological polar surface area (TPSA) is 0 Å². The standard InChI is InChI=1S/C9H18Br3PS4/c1-7(4-10)15-13(14,16-8(2)5-11)17-9(3)6-12/h7-9H,4-6H2,1-3H3. The molecule has 3 atom stereocenters. The summed E-state index contributed by atoms with van der Waals surface area (Å²) in [6.45, 7) is 6.75. The van der Waals surface area contributed by atoms with Gasteiger partial charge >= 0.3 is 0 Å². The third-order valence-corrected chi connectivity index (χ3v) is 20.7. The van der Waals surface area contributed by atoms with Gasteiger partial charge in [0, 0.05) is 31.7 Å². The van der Waals surface area contributed by atoms with Crippen molar-refractivity contribution in [3.63, 3.8) is 0 Å². The lowest BCUT2D eigenvalue weighted by atomic mass is 10.6. The third kappa shape index (κ3) is 9.65. The van der Waals surface area contributed by atoms with E-state index in [1.807, 2.05) is 34.1 Å². The minimum Gasteiger partial charge on any atom is -0.100 e. The minimum absolute atomic E-state index is 0.589. The Bertz CT molecular complexity index is 216. The van der Waals surface area contributed by atoms with Crippen molar-refractivity contribution in [2.75, 3.05) is 16.0 Å². The molecule has 0 aromatic rings. The highest BCUT2D eigenvalue weighted by Gasteiger charge is 2.26. The summed E-state index contributed by atoms with van der Waals surface area (Å²) in [7, 11) is 0. The summed E-state index contributed by atoms with van der Waals surface area (Å²) in [5.41, 5.74) is 0. The first-order valence-corrected chi connectivity index (χ1v) is 15.8. The molecule has 0 radical (unpaired) electrons. The van der Waals surface area contributed by atoms with Crippen LogP contribution in [0.2, 0.25) is 0 Å². The molecule has 0 saturated carbocycles. The highest BCUT2D eigenvalue weighted by molar-refractivity contribution is 9.23. The van der Waals surface area contributed by atoms with E-state index in [0.29, 0.717) is 15.7 Å². The first-order chi connectivity index (χ1) is 7.86. The molecule has 0 aliphatic rings. The summed E-state index contributed by atoms with van der Waals surface area (Å²) in [6.07, 6.45) is 0. The van der Waals surface area contributed by atoms with Crippen LogP contribution in [-0.4, -0.2) is 31.7 Å². The Kier molecular flexibility index (Phi) is 12.8. The van der Waals surface area contributed by atoms with Crippen molar-refractivity contribution < 1.29 is 0 Å². The molecule has 0 N–H and O–H groups in total. The molecule has 0 nitrogen and oxygen atoms in total. The summed E-state index contributed by atoms with van der Waals surface area (Å²) >= 11 is 22.6. The zero-order valence-corrected chi connectivity index (χ0v) is 19.0.